The minimum absolute atomic E-state index is 0.0123. The molecule has 0 fully saturated rings. The molecule has 2 heterocycles. The molecule has 3 N–H and O–H groups in total. The summed E-state index contributed by atoms with van der Waals surface area (Å²) in [5.74, 6) is 0.145. The number of amides is 1. The Morgan fingerprint density at radius 3 is 2.76 bits per heavy atom. The normalized spacial score (nSPS) is 11.4. The van der Waals surface area contributed by atoms with Gasteiger partial charge in [0.05, 0.1) is 41.2 Å². The van der Waals surface area contributed by atoms with Gasteiger partial charge in [0, 0.05) is 24.6 Å². The zero-order valence-electron chi connectivity index (χ0n) is 19.7. The maximum Gasteiger partial charge on any atom is 0.248 e. The van der Waals surface area contributed by atoms with E-state index in [0.29, 0.717) is 28.7 Å². The van der Waals surface area contributed by atoms with E-state index < -0.39 is 5.91 Å². The van der Waals surface area contributed by atoms with Crippen LogP contribution in [-0.2, 0) is 11.3 Å². The summed E-state index contributed by atoms with van der Waals surface area (Å²) in [6.07, 6.45) is -0.0123. The lowest BCUT2D eigenvalue weighted by molar-refractivity contribution is 0.100. The van der Waals surface area contributed by atoms with Crippen LogP contribution in [0.1, 0.15) is 41.8 Å². The highest BCUT2D eigenvalue weighted by Crippen LogP contribution is 2.36. The fourth-order valence-corrected chi connectivity index (χ4v) is 5.06. The highest BCUT2D eigenvalue weighted by atomic mass is 32.1. The molecule has 1 aromatic carbocycles. The fraction of sp³-hybridized carbons (Fsp3) is 0.435. The molecule has 2 aromatic heterocycles. The smallest absolute Gasteiger partial charge is 0.248 e. The summed E-state index contributed by atoms with van der Waals surface area (Å²) in [5.41, 5.74) is 8.36. The maximum atomic E-state index is 11.6. The molecule has 8 nitrogen and oxygen atoms in total. The summed E-state index contributed by atoms with van der Waals surface area (Å²) >= 11 is 3.15. The van der Waals surface area contributed by atoms with Gasteiger partial charge in [0.15, 0.2) is 5.13 Å². The number of nitrogens with zero attached hydrogens (tertiary/aromatic N) is 3. The number of benzene rings is 1. The highest BCUT2D eigenvalue weighted by molar-refractivity contribution is 7.16. The third kappa shape index (κ3) is 6.73. The van der Waals surface area contributed by atoms with E-state index in [1.54, 1.807) is 36.6 Å². The molecule has 33 heavy (non-hydrogen) atoms. The predicted octanol–water partition coefficient (Wildman–Crippen LogP) is 4.67. The van der Waals surface area contributed by atoms with Gasteiger partial charge < -0.3 is 20.5 Å². The number of likely N-dealkylation sites (N-methyl/N-ethyl adjacent to an activating group) is 1. The molecule has 10 heteroatoms. The monoisotopic (exact) mass is 489 g/mol. The first-order valence-corrected chi connectivity index (χ1v) is 12.5. The fourth-order valence-electron chi connectivity index (χ4n) is 3.21. The summed E-state index contributed by atoms with van der Waals surface area (Å²) < 4.78 is 11.1. The number of nitrogens with two attached hydrogens (primary N) is 1. The first kappa shape index (κ1) is 25.1. The van der Waals surface area contributed by atoms with E-state index in [4.69, 9.17) is 25.2 Å². The maximum absolute atomic E-state index is 11.6. The van der Waals surface area contributed by atoms with E-state index in [1.165, 1.54) is 11.3 Å². The van der Waals surface area contributed by atoms with Crippen LogP contribution >= 0.6 is 22.7 Å². The van der Waals surface area contributed by atoms with Crippen LogP contribution in [0.2, 0.25) is 0 Å². The van der Waals surface area contributed by atoms with Gasteiger partial charge in [0.1, 0.15) is 10.8 Å². The van der Waals surface area contributed by atoms with Gasteiger partial charge in [-0.1, -0.05) is 6.92 Å². The predicted molar refractivity (Wildman–Crippen MR) is 135 cm³/mol. The zero-order valence-corrected chi connectivity index (χ0v) is 21.3. The van der Waals surface area contributed by atoms with E-state index in [9.17, 15) is 4.79 Å². The standard InChI is InChI=1S/C23H31N5O3S2/c1-6-28(9-10-30-5)12-20-25-15(4)21(33-20)18-13-32-23(27-18)26-17-11-16(22(24)29)7-8-19(17)31-14(2)3/h7-8,11,13-14H,6,9-10,12H2,1-5H3,(H2,24,29)(H,26,27). The Morgan fingerprint density at radius 1 is 1.30 bits per heavy atom. The molecular weight excluding hydrogens is 458 g/mol. The zero-order chi connectivity index (χ0) is 24.0. The molecular formula is C23H31N5O3S2. The average molecular weight is 490 g/mol. The Kier molecular flexibility index (Phi) is 8.79. The first-order chi connectivity index (χ1) is 15.8. The Bertz CT molecular complexity index is 1080. The van der Waals surface area contributed by atoms with E-state index in [0.717, 1.165) is 40.9 Å². The number of methoxy groups -OCH3 is 1. The molecule has 0 aliphatic heterocycles. The van der Waals surface area contributed by atoms with Crippen molar-refractivity contribution in [3.05, 3.63) is 39.8 Å². The lowest BCUT2D eigenvalue weighted by atomic mass is 10.1. The lowest BCUT2D eigenvalue weighted by Crippen LogP contribution is -2.26. The number of thiazole rings is 2. The van der Waals surface area contributed by atoms with E-state index in [2.05, 4.69) is 17.1 Å². The van der Waals surface area contributed by atoms with Crippen LogP contribution in [0.4, 0.5) is 10.8 Å². The van der Waals surface area contributed by atoms with E-state index >= 15 is 0 Å². The number of aryl methyl sites for hydroxylation is 1. The molecule has 0 unspecified atom stereocenters. The van der Waals surface area contributed by atoms with Crippen molar-refractivity contribution < 1.29 is 14.3 Å². The minimum atomic E-state index is -0.492. The number of hydrogen-bond acceptors (Lipinski definition) is 9. The number of carbonyl (C=O) groups excluding carboxylic acids is 1. The molecule has 3 rings (SSSR count). The molecule has 0 spiro atoms. The molecule has 3 aromatic rings. The average Bonchev–Trinajstić information content (AvgIpc) is 3.37. The molecule has 0 radical (unpaired) electrons. The summed E-state index contributed by atoms with van der Waals surface area (Å²) in [7, 11) is 1.72. The number of nitrogens with one attached hydrogen (secondary N) is 1. The molecule has 0 saturated heterocycles. The van der Waals surface area contributed by atoms with Crippen molar-refractivity contribution in [3.63, 3.8) is 0 Å². The Hall–Kier alpha value is -2.53. The van der Waals surface area contributed by atoms with Gasteiger partial charge in [-0.2, -0.15) is 0 Å². The van der Waals surface area contributed by atoms with Gasteiger partial charge in [0.2, 0.25) is 5.91 Å². The van der Waals surface area contributed by atoms with Crippen molar-refractivity contribution in [1.29, 1.82) is 0 Å². The molecule has 1 amide bonds. The van der Waals surface area contributed by atoms with Crippen molar-refractivity contribution in [2.45, 2.75) is 40.3 Å². The Labute approximate surface area is 202 Å². The first-order valence-electron chi connectivity index (χ1n) is 10.8. The Morgan fingerprint density at radius 2 is 2.09 bits per heavy atom. The highest BCUT2D eigenvalue weighted by Gasteiger charge is 2.16. The van der Waals surface area contributed by atoms with Crippen LogP contribution < -0.4 is 15.8 Å². The molecule has 0 aliphatic rings. The van der Waals surface area contributed by atoms with Crippen LogP contribution in [-0.4, -0.2) is 53.7 Å². The lowest BCUT2D eigenvalue weighted by Gasteiger charge is -2.18. The van der Waals surface area contributed by atoms with Crippen molar-refractivity contribution in [1.82, 2.24) is 14.9 Å². The summed E-state index contributed by atoms with van der Waals surface area (Å²) in [6.45, 7) is 11.4. The molecule has 0 bridgehead atoms. The van der Waals surface area contributed by atoms with Gasteiger partial charge in [-0.3, -0.25) is 9.69 Å². The number of carbonyl (C=O) groups is 1. The number of aromatic nitrogens is 2. The van der Waals surface area contributed by atoms with Crippen LogP contribution in [0, 0.1) is 6.92 Å². The quantitative estimate of drug-likeness (QED) is 0.381. The van der Waals surface area contributed by atoms with Gasteiger partial charge in [-0.25, -0.2) is 9.97 Å². The number of anilines is 2. The summed E-state index contributed by atoms with van der Waals surface area (Å²) in [5, 5.41) is 7.06. The second kappa shape index (κ2) is 11.6. The summed E-state index contributed by atoms with van der Waals surface area (Å²) in [6, 6.07) is 5.10. The number of primary amides is 1. The molecule has 178 valence electrons. The Balaban J connectivity index is 1.80. The topological polar surface area (TPSA) is 103 Å². The third-order valence-corrected chi connectivity index (χ3v) is 6.79. The summed E-state index contributed by atoms with van der Waals surface area (Å²) in [4.78, 5) is 24.5. The van der Waals surface area contributed by atoms with Crippen LogP contribution in [0.3, 0.4) is 0 Å². The second-order valence-electron chi connectivity index (χ2n) is 7.79. The molecule has 0 atom stereocenters. The van der Waals surface area contributed by atoms with Crippen LogP contribution in [0.15, 0.2) is 23.6 Å². The van der Waals surface area contributed by atoms with Gasteiger partial charge >= 0.3 is 0 Å². The van der Waals surface area contributed by atoms with Crippen LogP contribution in [0.25, 0.3) is 10.6 Å². The van der Waals surface area contributed by atoms with Crippen LogP contribution in [0.5, 0.6) is 5.75 Å². The number of rotatable bonds is 12. The second-order valence-corrected chi connectivity index (χ2v) is 9.73. The number of ether oxygens (including phenoxy) is 2. The molecule has 0 aliphatic carbocycles. The minimum Gasteiger partial charge on any atom is -0.489 e. The van der Waals surface area contributed by atoms with Crippen molar-refractivity contribution >= 4 is 39.4 Å². The van der Waals surface area contributed by atoms with E-state index in [-0.39, 0.29) is 6.10 Å². The van der Waals surface area contributed by atoms with Gasteiger partial charge in [0.25, 0.3) is 0 Å². The van der Waals surface area contributed by atoms with Crippen molar-refractivity contribution in [2.75, 3.05) is 32.1 Å². The van der Waals surface area contributed by atoms with Crippen molar-refractivity contribution in [3.8, 4) is 16.3 Å². The van der Waals surface area contributed by atoms with Gasteiger partial charge in [-0.05, 0) is 45.5 Å². The van der Waals surface area contributed by atoms with Gasteiger partial charge in [-0.15, -0.1) is 22.7 Å². The van der Waals surface area contributed by atoms with E-state index in [1.807, 2.05) is 26.2 Å². The van der Waals surface area contributed by atoms with Crippen molar-refractivity contribution in [2.24, 2.45) is 5.73 Å². The third-order valence-electron chi connectivity index (χ3n) is 4.86. The SMILES string of the molecule is CCN(CCOC)Cc1nc(C)c(-c2csc(Nc3cc(C(N)=O)ccc3OC(C)C)n2)s1. The largest absolute Gasteiger partial charge is 0.489 e. The number of hydrogen-bond donors (Lipinski definition) is 2. The molecule has 0 saturated carbocycles.